The molecule has 1 atom stereocenters. The van der Waals surface area contributed by atoms with Gasteiger partial charge in [-0.2, -0.15) is 0 Å². The number of nitrogens with zero attached hydrogens (tertiary/aromatic N) is 1. The smallest absolute Gasteiger partial charge is 0.315 e. The van der Waals surface area contributed by atoms with E-state index in [1.807, 2.05) is 54.6 Å². The van der Waals surface area contributed by atoms with Gasteiger partial charge in [0.15, 0.2) is 0 Å². The number of anilines is 1. The number of carbonyl (C=O) groups is 2. The van der Waals surface area contributed by atoms with Crippen LogP contribution in [0.2, 0.25) is 0 Å². The minimum absolute atomic E-state index is 0.0987. The van der Waals surface area contributed by atoms with Crippen molar-refractivity contribution < 1.29 is 14.3 Å². The number of nitrogens with one attached hydrogen (secondary N) is 2. The normalized spacial score (nSPS) is 16.4. The van der Waals surface area contributed by atoms with Crippen molar-refractivity contribution >= 4 is 17.6 Å². The summed E-state index contributed by atoms with van der Waals surface area (Å²) in [4.78, 5) is 25.9. The average molecular weight is 353 g/mol. The van der Waals surface area contributed by atoms with Gasteiger partial charge in [0, 0.05) is 37.7 Å². The lowest BCUT2D eigenvalue weighted by Gasteiger charge is -2.17. The highest BCUT2D eigenvalue weighted by molar-refractivity contribution is 5.95. The molecule has 0 aliphatic carbocycles. The zero-order chi connectivity index (χ0) is 18.4. The third-order valence-corrected chi connectivity index (χ3v) is 4.44. The molecule has 136 valence electrons. The van der Waals surface area contributed by atoms with Crippen molar-refractivity contribution in [1.82, 2.24) is 10.6 Å². The van der Waals surface area contributed by atoms with Crippen LogP contribution in [0.1, 0.15) is 12.0 Å². The Balaban J connectivity index is 1.42. The lowest BCUT2D eigenvalue weighted by atomic mass is 10.1. The Labute approximate surface area is 153 Å². The van der Waals surface area contributed by atoms with E-state index in [0.717, 1.165) is 17.0 Å². The molecule has 2 aromatic carbocycles. The topological polar surface area (TPSA) is 70.7 Å². The maximum atomic E-state index is 12.2. The second-order valence-electron chi connectivity index (χ2n) is 6.32. The Hall–Kier alpha value is -3.02. The number of hydrogen-bond acceptors (Lipinski definition) is 3. The van der Waals surface area contributed by atoms with Gasteiger partial charge in [0.2, 0.25) is 5.91 Å². The van der Waals surface area contributed by atoms with Crippen LogP contribution in [0, 0.1) is 5.92 Å². The highest BCUT2D eigenvalue weighted by Gasteiger charge is 2.30. The van der Waals surface area contributed by atoms with Crippen molar-refractivity contribution in [3.05, 3.63) is 60.2 Å². The van der Waals surface area contributed by atoms with E-state index in [4.69, 9.17) is 4.74 Å². The molecule has 2 aromatic rings. The summed E-state index contributed by atoms with van der Waals surface area (Å²) in [5.41, 5.74) is 1.90. The number of rotatable bonds is 6. The fraction of sp³-hybridized carbons (Fsp3) is 0.300. The van der Waals surface area contributed by atoms with E-state index in [9.17, 15) is 9.59 Å². The molecule has 1 aliphatic heterocycles. The van der Waals surface area contributed by atoms with Crippen LogP contribution >= 0.6 is 0 Å². The van der Waals surface area contributed by atoms with Gasteiger partial charge in [0.05, 0.1) is 7.11 Å². The maximum absolute atomic E-state index is 12.2. The van der Waals surface area contributed by atoms with Crippen LogP contribution < -0.4 is 20.3 Å². The average Bonchev–Trinajstić information content (AvgIpc) is 3.06. The zero-order valence-electron chi connectivity index (χ0n) is 14.8. The third kappa shape index (κ3) is 4.53. The van der Waals surface area contributed by atoms with Crippen LogP contribution in [0.5, 0.6) is 5.75 Å². The summed E-state index contributed by atoms with van der Waals surface area (Å²) in [5.74, 6) is 1.00. The van der Waals surface area contributed by atoms with Crippen molar-refractivity contribution in [3.8, 4) is 5.75 Å². The molecule has 3 rings (SSSR count). The number of ether oxygens (including phenoxy) is 1. The number of carbonyl (C=O) groups excluding carboxylic acids is 2. The largest absolute Gasteiger partial charge is 0.497 e. The van der Waals surface area contributed by atoms with Gasteiger partial charge >= 0.3 is 6.03 Å². The molecule has 0 aromatic heterocycles. The fourth-order valence-corrected chi connectivity index (χ4v) is 3.00. The standard InChI is InChI=1S/C20H23N3O3/c1-26-18-9-7-15(8-10-18)12-21-20(25)22-13-16-11-19(24)23(14-16)17-5-3-2-4-6-17/h2-10,16H,11-14H2,1H3,(H2,21,22,25)/t16-/m1/s1. The first-order valence-corrected chi connectivity index (χ1v) is 8.66. The summed E-state index contributed by atoms with van der Waals surface area (Å²) < 4.78 is 5.11. The highest BCUT2D eigenvalue weighted by atomic mass is 16.5. The third-order valence-electron chi connectivity index (χ3n) is 4.44. The summed E-state index contributed by atoms with van der Waals surface area (Å²) in [6.45, 7) is 1.54. The van der Waals surface area contributed by atoms with Crippen LogP contribution in [0.4, 0.5) is 10.5 Å². The summed E-state index contributed by atoms with van der Waals surface area (Å²) in [7, 11) is 1.62. The first-order chi connectivity index (χ1) is 12.7. The maximum Gasteiger partial charge on any atom is 0.315 e. The van der Waals surface area contributed by atoms with Gasteiger partial charge in [-0.25, -0.2) is 4.79 Å². The van der Waals surface area contributed by atoms with Crippen LogP contribution in [-0.4, -0.2) is 32.1 Å². The van der Waals surface area contributed by atoms with Gasteiger partial charge in [0.1, 0.15) is 5.75 Å². The molecule has 0 spiro atoms. The van der Waals surface area contributed by atoms with E-state index < -0.39 is 0 Å². The first-order valence-electron chi connectivity index (χ1n) is 8.66. The molecule has 6 heteroatoms. The summed E-state index contributed by atoms with van der Waals surface area (Å²) >= 11 is 0. The number of benzene rings is 2. The minimum atomic E-state index is -0.230. The number of amides is 3. The Bertz CT molecular complexity index is 747. The Morgan fingerprint density at radius 2 is 1.85 bits per heavy atom. The van der Waals surface area contributed by atoms with E-state index >= 15 is 0 Å². The Morgan fingerprint density at radius 3 is 2.54 bits per heavy atom. The van der Waals surface area contributed by atoms with Crippen LogP contribution in [0.15, 0.2) is 54.6 Å². The molecule has 3 amide bonds. The SMILES string of the molecule is COc1ccc(CNC(=O)NC[C@H]2CC(=O)N(c3ccccc3)C2)cc1. The van der Waals surface area contributed by atoms with Crippen molar-refractivity contribution in [1.29, 1.82) is 0 Å². The molecule has 2 N–H and O–H groups in total. The van der Waals surface area contributed by atoms with Crippen molar-refractivity contribution in [2.75, 3.05) is 25.1 Å². The Kier molecular flexibility index (Phi) is 5.73. The molecule has 1 fully saturated rings. The second-order valence-corrected chi connectivity index (χ2v) is 6.32. The lowest BCUT2D eigenvalue weighted by Crippen LogP contribution is -2.38. The number of para-hydroxylation sites is 1. The molecule has 1 aliphatic rings. The van der Waals surface area contributed by atoms with Gasteiger partial charge in [-0.15, -0.1) is 0 Å². The minimum Gasteiger partial charge on any atom is -0.497 e. The van der Waals surface area contributed by atoms with E-state index in [-0.39, 0.29) is 17.9 Å². The van der Waals surface area contributed by atoms with Gasteiger partial charge < -0.3 is 20.3 Å². The predicted molar refractivity (Wildman–Crippen MR) is 100 cm³/mol. The van der Waals surface area contributed by atoms with Crippen LogP contribution in [-0.2, 0) is 11.3 Å². The van der Waals surface area contributed by atoms with E-state index in [1.54, 1.807) is 12.0 Å². The van der Waals surface area contributed by atoms with E-state index in [2.05, 4.69) is 10.6 Å². The zero-order valence-corrected chi connectivity index (χ0v) is 14.8. The van der Waals surface area contributed by atoms with Gasteiger partial charge in [0.25, 0.3) is 0 Å². The monoisotopic (exact) mass is 353 g/mol. The number of hydrogen-bond donors (Lipinski definition) is 2. The summed E-state index contributed by atoms with van der Waals surface area (Å²) in [6, 6.07) is 16.9. The highest BCUT2D eigenvalue weighted by Crippen LogP contribution is 2.24. The van der Waals surface area contributed by atoms with Gasteiger partial charge in [-0.3, -0.25) is 4.79 Å². The molecule has 0 saturated carbocycles. The summed E-state index contributed by atoms with van der Waals surface area (Å²) in [6.07, 6.45) is 0.452. The summed E-state index contributed by atoms with van der Waals surface area (Å²) in [5, 5.41) is 5.68. The predicted octanol–water partition coefficient (Wildman–Crippen LogP) is 2.55. The molecule has 1 heterocycles. The van der Waals surface area contributed by atoms with Crippen molar-refractivity contribution in [2.24, 2.45) is 5.92 Å². The number of urea groups is 1. The molecule has 0 radical (unpaired) electrons. The molecule has 1 saturated heterocycles. The van der Waals surface area contributed by atoms with Crippen LogP contribution in [0.3, 0.4) is 0 Å². The Morgan fingerprint density at radius 1 is 1.12 bits per heavy atom. The van der Waals surface area contributed by atoms with Crippen molar-refractivity contribution in [3.63, 3.8) is 0 Å². The number of methoxy groups -OCH3 is 1. The van der Waals surface area contributed by atoms with E-state index in [0.29, 0.717) is 26.1 Å². The quantitative estimate of drug-likeness (QED) is 0.838. The van der Waals surface area contributed by atoms with Gasteiger partial charge in [-0.1, -0.05) is 30.3 Å². The lowest BCUT2D eigenvalue weighted by molar-refractivity contribution is -0.117. The van der Waals surface area contributed by atoms with Crippen molar-refractivity contribution in [2.45, 2.75) is 13.0 Å². The fourth-order valence-electron chi connectivity index (χ4n) is 3.00. The molecule has 6 nitrogen and oxygen atoms in total. The van der Waals surface area contributed by atoms with E-state index in [1.165, 1.54) is 0 Å². The molecular formula is C20H23N3O3. The molecule has 26 heavy (non-hydrogen) atoms. The first kappa shape index (κ1) is 17.8. The molecular weight excluding hydrogens is 330 g/mol. The molecule has 0 bridgehead atoms. The van der Waals surface area contributed by atoms with Gasteiger partial charge in [-0.05, 0) is 29.8 Å². The molecule has 0 unspecified atom stereocenters. The van der Waals surface area contributed by atoms with Crippen LogP contribution in [0.25, 0.3) is 0 Å². The second kappa shape index (κ2) is 8.38.